The van der Waals surface area contributed by atoms with Gasteiger partial charge in [0.25, 0.3) is 5.91 Å². The highest BCUT2D eigenvalue weighted by atomic mass is 16.5. The summed E-state index contributed by atoms with van der Waals surface area (Å²) >= 11 is 0. The van der Waals surface area contributed by atoms with E-state index in [2.05, 4.69) is 4.98 Å². The number of aromatic nitrogens is 1. The predicted octanol–water partition coefficient (Wildman–Crippen LogP) is 1.01. The summed E-state index contributed by atoms with van der Waals surface area (Å²) in [6, 6.07) is 3.84. The van der Waals surface area contributed by atoms with E-state index in [0.717, 1.165) is 5.56 Å². The molecule has 5 nitrogen and oxygen atoms in total. The van der Waals surface area contributed by atoms with Crippen LogP contribution in [-0.2, 0) is 16.0 Å². The van der Waals surface area contributed by atoms with E-state index in [1.165, 1.54) is 7.11 Å². The Balaban J connectivity index is 1.91. The van der Waals surface area contributed by atoms with Crippen molar-refractivity contribution < 1.29 is 14.6 Å². The number of carbonyl (C=O) groups is 1. The van der Waals surface area contributed by atoms with Gasteiger partial charge in [-0.25, -0.2) is 0 Å². The van der Waals surface area contributed by atoms with Crippen molar-refractivity contribution in [2.24, 2.45) is 0 Å². The van der Waals surface area contributed by atoms with Crippen LogP contribution in [0.4, 0.5) is 0 Å². The van der Waals surface area contributed by atoms with Crippen molar-refractivity contribution in [1.29, 1.82) is 0 Å². The molecular formula is C15H22N2O3. The highest BCUT2D eigenvalue weighted by molar-refractivity contribution is 5.80. The fourth-order valence-electron chi connectivity index (χ4n) is 2.56. The van der Waals surface area contributed by atoms with Crippen LogP contribution in [0.25, 0.3) is 0 Å². The lowest BCUT2D eigenvalue weighted by Crippen LogP contribution is -2.50. The molecule has 5 heteroatoms. The number of likely N-dealkylation sites (tertiary alicyclic amines) is 1. The third kappa shape index (κ3) is 3.55. The van der Waals surface area contributed by atoms with E-state index in [9.17, 15) is 9.90 Å². The van der Waals surface area contributed by atoms with Gasteiger partial charge in [-0.2, -0.15) is 0 Å². The lowest BCUT2D eigenvalue weighted by Gasteiger charge is -2.39. The van der Waals surface area contributed by atoms with E-state index < -0.39 is 11.7 Å². The van der Waals surface area contributed by atoms with E-state index in [1.807, 2.05) is 12.1 Å². The van der Waals surface area contributed by atoms with Crippen LogP contribution < -0.4 is 0 Å². The predicted molar refractivity (Wildman–Crippen MR) is 75.2 cm³/mol. The second-order valence-electron chi connectivity index (χ2n) is 5.46. The van der Waals surface area contributed by atoms with Crippen LogP contribution in [0.3, 0.4) is 0 Å². The Morgan fingerprint density at radius 2 is 2.05 bits per heavy atom. The molecule has 20 heavy (non-hydrogen) atoms. The van der Waals surface area contributed by atoms with Gasteiger partial charge in [0.1, 0.15) is 6.10 Å². The zero-order chi connectivity index (χ0) is 14.6. The Morgan fingerprint density at radius 1 is 1.45 bits per heavy atom. The zero-order valence-corrected chi connectivity index (χ0v) is 12.1. The first-order valence-corrected chi connectivity index (χ1v) is 6.97. The molecule has 1 amide bonds. The van der Waals surface area contributed by atoms with Crippen molar-refractivity contribution in [3.63, 3.8) is 0 Å². The number of nitrogens with zero attached hydrogens (tertiary/aromatic N) is 2. The fraction of sp³-hybridized carbons (Fsp3) is 0.600. The first-order chi connectivity index (χ1) is 9.54. The van der Waals surface area contributed by atoms with Crippen molar-refractivity contribution in [2.75, 3.05) is 20.2 Å². The number of piperidine rings is 1. The number of carbonyl (C=O) groups excluding carboxylic acids is 1. The molecule has 1 saturated heterocycles. The molecule has 110 valence electrons. The molecule has 2 rings (SSSR count). The van der Waals surface area contributed by atoms with E-state index in [-0.39, 0.29) is 5.91 Å². The quantitative estimate of drug-likeness (QED) is 0.893. The standard InChI is InChI=1S/C15H22N2O3/c1-12(20-2)14(18)17-9-5-15(19,6-10-17)11-13-3-7-16-8-4-13/h3-4,7-8,12,19H,5-6,9-11H2,1-2H3. The molecule has 1 aliphatic heterocycles. The van der Waals surface area contributed by atoms with Gasteiger partial charge < -0.3 is 14.7 Å². The Morgan fingerprint density at radius 3 is 2.60 bits per heavy atom. The third-order valence-corrected chi connectivity index (χ3v) is 3.99. The first-order valence-electron chi connectivity index (χ1n) is 6.97. The lowest BCUT2D eigenvalue weighted by atomic mass is 9.85. The van der Waals surface area contributed by atoms with Crippen LogP contribution in [0.5, 0.6) is 0 Å². The number of aliphatic hydroxyl groups is 1. The van der Waals surface area contributed by atoms with Gasteiger partial charge in [0.2, 0.25) is 0 Å². The molecule has 0 aromatic carbocycles. The van der Waals surface area contributed by atoms with Crippen molar-refractivity contribution >= 4 is 5.91 Å². The summed E-state index contributed by atoms with van der Waals surface area (Å²) in [5, 5.41) is 10.6. The summed E-state index contributed by atoms with van der Waals surface area (Å²) in [7, 11) is 1.53. The minimum atomic E-state index is -0.728. The maximum Gasteiger partial charge on any atom is 0.251 e. The topological polar surface area (TPSA) is 62.7 Å². The molecule has 0 aliphatic carbocycles. The van der Waals surface area contributed by atoms with Gasteiger partial charge in [-0.1, -0.05) is 0 Å². The molecule has 1 aromatic rings. The molecule has 1 atom stereocenters. The van der Waals surface area contributed by atoms with Crippen molar-refractivity contribution in [2.45, 2.75) is 37.9 Å². The minimum Gasteiger partial charge on any atom is -0.389 e. The number of pyridine rings is 1. The second-order valence-corrected chi connectivity index (χ2v) is 5.46. The van der Waals surface area contributed by atoms with Crippen LogP contribution in [-0.4, -0.2) is 52.8 Å². The second kappa shape index (κ2) is 6.33. The molecule has 1 fully saturated rings. The number of rotatable bonds is 4. The molecule has 0 saturated carbocycles. The molecular weight excluding hydrogens is 256 g/mol. The van der Waals surface area contributed by atoms with Gasteiger partial charge in [0.05, 0.1) is 5.60 Å². The molecule has 1 unspecified atom stereocenters. The molecule has 0 spiro atoms. The van der Waals surface area contributed by atoms with E-state index in [0.29, 0.717) is 32.4 Å². The average molecular weight is 278 g/mol. The summed E-state index contributed by atoms with van der Waals surface area (Å²) in [6.07, 6.45) is 4.85. The summed E-state index contributed by atoms with van der Waals surface area (Å²) < 4.78 is 5.05. The largest absolute Gasteiger partial charge is 0.389 e. The van der Waals surface area contributed by atoms with Gasteiger partial charge in [0, 0.05) is 39.0 Å². The lowest BCUT2D eigenvalue weighted by molar-refractivity contribution is -0.145. The Bertz CT molecular complexity index is 442. The monoisotopic (exact) mass is 278 g/mol. The maximum absolute atomic E-state index is 12.0. The highest BCUT2D eigenvalue weighted by Crippen LogP contribution is 2.26. The molecule has 1 aliphatic rings. The van der Waals surface area contributed by atoms with Gasteiger partial charge >= 0.3 is 0 Å². The van der Waals surface area contributed by atoms with Gasteiger partial charge in [-0.05, 0) is 37.5 Å². The van der Waals surface area contributed by atoms with Crippen LogP contribution in [0.15, 0.2) is 24.5 Å². The summed E-state index contributed by atoms with van der Waals surface area (Å²) in [5.74, 6) is -0.00142. The normalized spacial score (nSPS) is 19.6. The van der Waals surface area contributed by atoms with E-state index in [4.69, 9.17) is 4.74 Å². The minimum absolute atomic E-state index is 0.00142. The fourth-order valence-corrected chi connectivity index (χ4v) is 2.56. The zero-order valence-electron chi connectivity index (χ0n) is 12.1. The van der Waals surface area contributed by atoms with Crippen molar-refractivity contribution in [3.8, 4) is 0 Å². The van der Waals surface area contributed by atoms with Crippen LogP contribution in [0, 0.1) is 0 Å². The molecule has 2 heterocycles. The summed E-state index contributed by atoms with van der Waals surface area (Å²) in [5.41, 5.74) is 0.349. The Hall–Kier alpha value is -1.46. The number of methoxy groups -OCH3 is 1. The Kier molecular flexibility index (Phi) is 4.73. The van der Waals surface area contributed by atoms with Crippen LogP contribution >= 0.6 is 0 Å². The maximum atomic E-state index is 12.0. The number of amides is 1. The average Bonchev–Trinajstić information content (AvgIpc) is 2.47. The van der Waals surface area contributed by atoms with Crippen LogP contribution in [0.1, 0.15) is 25.3 Å². The first kappa shape index (κ1) is 14.9. The van der Waals surface area contributed by atoms with Gasteiger partial charge in [-0.15, -0.1) is 0 Å². The van der Waals surface area contributed by atoms with Crippen molar-refractivity contribution in [3.05, 3.63) is 30.1 Å². The molecule has 1 aromatic heterocycles. The summed E-state index contributed by atoms with van der Waals surface area (Å²) in [6.45, 7) is 2.91. The van der Waals surface area contributed by atoms with Crippen molar-refractivity contribution in [1.82, 2.24) is 9.88 Å². The van der Waals surface area contributed by atoms with Gasteiger partial charge in [-0.3, -0.25) is 9.78 Å². The Labute approximate surface area is 119 Å². The van der Waals surface area contributed by atoms with E-state index >= 15 is 0 Å². The smallest absolute Gasteiger partial charge is 0.251 e. The van der Waals surface area contributed by atoms with E-state index in [1.54, 1.807) is 24.2 Å². The third-order valence-electron chi connectivity index (χ3n) is 3.99. The molecule has 0 radical (unpaired) electrons. The summed E-state index contributed by atoms with van der Waals surface area (Å²) in [4.78, 5) is 17.8. The number of ether oxygens (including phenoxy) is 1. The van der Waals surface area contributed by atoms with Crippen LogP contribution in [0.2, 0.25) is 0 Å². The highest BCUT2D eigenvalue weighted by Gasteiger charge is 2.35. The number of hydrogen-bond donors (Lipinski definition) is 1. The molecule has 0 bridgehead atoms. The number of hydrogen-bond acceptors (Lipinski definition) is 4. The SMILES string of the molecule is COC(C)C(=O)N1CCC(O)(Cc2ccncc2)CC1. The van der Waals surface area contributed by atoms with Gasteiger partial charge in [0.15, 0.2) is 0 Å². The molecule has 1 N–H and O–H groups in total.